The lowest BCUT2D eigenvalue weighted by Gasteiger charge is -2.62. The maximum absolute atomic E-state index is 12.6. The summed E-state index contributed by atoms with van der Waals surface area (Å²) < 4.78 is 0. The molecule has 4 fully saturated rings. The highest BCUT2D eigenvalue weighted by Gasteiger charge is 2.69. The molecular weight excluding hydrogens is 288 g/mol. The number of carbonyl (C=O) groups is 1. The van der Waals surface area contributed by atoms with Gasteiger partial charge < -0.3 is 10.2 Å². The van der Waals surface area contributed by atoms with Crippen molar-refractivity contribution in [3.8, 4) is 0 Å². The highest BCUT2D eigenvalue weighted by atomic mass is 16.4. The summed E-state index contributed by atoms with van der Waals surface area (Å²) in [6.45, 7) is 6.59. The van der Waals surface area contributed by atoms with Gasteiger partial charge in [0, 0.05) is 0 Å². The van der Waals surface area contributed by atoms with Crippen LogP contribution in [0.25, 0.3) is 0 Å². The predicted molar refractivity (Wildman–Crippen MR) is 88.9 cm³/mol. The zero-order chi connectivity index (χ0) is 16.7. The second kappa shape index (κ2) is 4.53. The number of rotatable bonds is 1. The second-order valence-corrected chi connectivity index (χ2v) is 10.2. The molecule has 3 heteroatoms. The molecule has 3 nitrogen and oxygen atoms in total. The van der Waals surface area contributed by atoms with Gasteiger partial charge in [-0.2, -0.15) is 0 Å². The number of hydrogen-bond donors (Lipinski definition) is 2. The van der Waals surface area contributed by atoms with Gasteiger partial charge in [-0.15, -0.1) is 0 Å². The molecule has 2 bridgehead atoms. The molecule has 4 saturated carbocycles. The van der Waals surface area contributed by atoms with Crippen molar-refractivity contribution in [1.29, 1.82) is 0 Å². The Kier molecular flexibility index (Phi) is 3.14. The van der Waals surface area contributed by atoms with Gasteiger partial charge in [-0.25, -0.2) is 0 Å². The van der Waals surface area contributed by atoms with Gasteiger partial charge in [0.15, 0.2) is 0 Å². The Labute approximate surface area is 139 Å². The molecule has 6 atom stereocenters. The second-order valence-electron chi connectivity index (χ2n) is 10.2. The molecule has 0 radical (unpaired) electrons. The Hall–Kier alpha value is -0.570. The number of fused-ring (bicyclic) bond motifs is 3. The average Bonchev–Trinajstić information content (AvgIpc) is 2.62. The fraction of sp³-hybridized carbons (Fsp3) is 0.950. The van der Waals surface area contributed by atoms with Crippen LogP contribution in [0.2, 0.25) is 0 Å². The topological polar surface area (TPSA) is 57.5 Å². The van der Waals surface area contributed by atoms with Crippen LogP contribution < -0.4 is 0 Å². The smallest absolute Gasteiger partial charge is 0.310 e. The van der Waals surface area contributed by atoms with E-state index in [-0.39, 0.29) is 16.7 Å². The lowest BCUT2D eigenvalue weighted by atomic mass is 9.40. The third-order valence-corrected chi connectivity index (χ3v) is 8.71. The average molecular weight is 320 g/mol. The highest BCUT2D eigenvalue weighted by molar-refractivity contribution is 5.76. The van der Waals surface area contributed by atoms with E-state index in [1.807, 2.05) is 6.92 Å². The first kappa shape index (κ1) is 15.9. The standard InChI is InChI=1S/C20H32O3/c1-17(2)8-4-9-20(16(21)22)14(17)7-10-19-11-13(5-6-15(19)20)18(3,23)12-19/h13-15,23H,4-12H2,1-3H3,(H,21,22)/t13-,14-,15-,18-,19+,20+/m1/s1. The van der Waals surface area contributed by atoms with Gasteiger partial charge in [0.1, 0.15) is 0 Å². The fourth-order valence-corrected chi connectivity index (χ4v) is 7.95. The molecule has 0 amide bonds. The van der Waals surface area contributed by atoms with E-state index in [2.05, 4.69) is 13.8 Å². The van der Waals surface area contributed by atoms with E-state index in [9.17, 15) is 15.0 Å². The zero-order valence-corrected chi connectivity index (χ0v) is 14.9. The van der Waals surface area contributed by atoms with Crippen LogP contribution in [0.3, 0.4) is 0 Å². The maximum atomic E-state index is 12.6. The summed E-state index contributed by atoms with van der Waals surface area (Å²) in [6, 6.07) is 0. The summed E-state index contributed by atoms with van der Waals surface area (Å²) in [7, 11) is 0. The van der Waals surface area contributed by atoms with E-state index in [1.54, 1.807) is 0 Å². The van der Waals surface area contributed by atoms with Crippen molar-refractivity contribution in [2.75, 3.05) is 0 Å². The molecule has 0 aromatic carbocycles. The van der Waals surface area contributed by atoms with Crippen molar-refractivity contribution in [1.82, 2.24) is 0 Å². The molecule has 4 rings (SSSR count). The van der Waals surface area contributed by atoms with Crippen molar-refractivity contribution in [3.05, 3.63) is 0 Å². The van der Waals surface area contributed by atoms with E-state index in [1.165, 1.54) is 0 Å². The molecule has 0 aromatic heterocycles. The van der Waals surface area contributed by atoms with Crippen molar-refractivity contribution in [3.63, 3.8) is 0 Å². The van der Waals surface area contributed by atoms with E-state index in [0.717, 1.165) is 57.8 Å². The van der Waals surface area contributed by atoms with Gasteiger partial charge in [0.2, 0.25) is 0 Å². The van der Waals surface area contributed by atoms with Crippen molar-refractivity contribution in [2.24, 2.45) is 34.0 Å². The normalized spacial score (nSPS) is 54.2. The molecular formula is C20H32O3. The van der Waals surface area contributed by atoms with E-state index < -0.39 is 17.0 Å². The third-order valence-electron chi connectivity index (χ3n) is 8.71. The Bertz CT molecular complexity index is 537. The van der Waals surface area contributed by atoms with Gasteiger partial charge in [-0.05, 0) is 86.9 Å². The van der Waals surface area contributed by atoms with Crippen molar-refractivity contribution in [2.45, 2.75) is 84.2 Å². The minimum Gasteiger partial charge on any atom is -0.481 e. The van der Waals surface area contributed by atoms with Gasteiger partial charge in [-0.3, -0.25) is 4.79 Å². The van der Waals surface area contributed by atoms with E-state index in [4.69, 9.17) is 0 Å². The lowest BCUT2D eigenvalue weighted by molar-refractivity contribution is -0.194. The predicted octanol–water partition coefficient (Wildman–Crippen LogP) is 4.23. The summed E-state index contributed by atoms with van der Waals surface area (Å²) in [4.78, 5) is 12.6. The molecule has 2 N–H and O–H groups in total. The van der Waals surface area contributed by atoms with Crippen LogP contribution in [0.1, 0.15) is 78.6 Å². The molecule has 0 heterocycles. The summed E-state index contributed by atoms with van der Waals surface area (Å²) in [5, 5.41) is 21.3. The molecule has 0 aliphatic heterocycles. The minimum atomic E-state index is -0.578. The van der Waals surface area contributed by atoms with Crippen LogP contribution in [0.5, 0.6) is 0 Å². The number of aliphatic hydroxyl groups is 1. The molecule has 1 spiro atoms. The summed E-state index contributed by atoms with van der Waals surface area (Å²) in [5.74, 6) is 0.428. The molecule has 23 heavy (non-hydrogen) atoms. The SMILES string of the molecule is CC1(C)CCC[C@]2(C(=O)O)[C@@H]1CC[C@@]13C[C@@H](CC[C@H]12)[C@](C)(O)C3. The van der Waals surface area contributed by atoms with Crippen molar-refractivity contribution >= 4 is 5.97 Å². The van der Waals surface area contributed by atoms with Crippen LogP contribution in [0.15, 0.2) is 0 Å². The summed E-state index contributed by atoms with van der Waals surface area (Å²) >= 11 is 0. The van der Waals surface area contributed by atoms with Crippen LogP contribution in [0.4, 0.5) is 0 Å². The van der Waals surface area contributed by atoms with Crippen LogP contribution in [0, 0.1) is 34.0 Å². The Morgan fingerprint density at radius 3 is 2.43 bits per heavy atom. The van der Waals surface area contributed by atoms with Crippen LogP contribution >= 0.6 is 0 Å². The molecule has 4 aliphatic carbocycles. The number of aliphatic carboxylic acids is 1. The first-order valence-corrected chi connectivity index (χ1v) is 9.60. The van der Waals surface area contributed by atoms with Gasteiger partial charge >= 0.3 is 5.97 Å². The van der Waals surface area contributed by atoms with E-state index in [0.29, 0.717) is 11.8 Å². The lowest BCUT2D eigenvalue weighted by Crippen LogP contribution is -2.60. The van der Waals surface area contributed by atoms with E-state index >= 15 is 0 Å². The Balaban J connectivity index is 1.81. The quantitative estimate of drug-likeness (QED) is 0.760. The molecule has 4 aliphatic rings. The monoisotopic (exact) mass is 320 g/mol. The molecule has 0 aromatic rings. The zero-order valence-electron chi connectivity index (χ0n) is 14.9. The fourth-order valence-electron chi connectivity index (χ4n) is 7.95. The number of hydrogen-bond acceptors (Lipinski definition) is 2. The first-order chi connectivity index (χ1) is 10.6. The molecule has 0 unspecified atom stereocenters. The Morgan fingerprint density at radius 2 is 1.74 bits per heavy atom. The van der Waals surface area contributed by atoms with Crippen molar-refractivity contribution < 1.29 is 15.0 Å². The Morgan fingerprint density at radius 1 is 1.00 bits per heavy atom. The first-order valence-electron chi connectivity index (χ1n) is 9.60. The largest absolute Gasteiger partial charge is 0.481 e. The number of carboxylic acid groups (broad SMARTS) is 1. The number of carboxylic acids is 1. The highest BCUT2D eigenvalue weighted by Crippen LogP contribution is 2.72. The summed E-state index contributed by atoms with van der Waals surface area (Å²) in [6.07, 6.45) is 9.16. The third kappa shape index (κ3) is 1.89. The van der Waals surface area contributed by atoms with Crippen LogP contribution in [-0.4, -0.2) is 21.8 Å². The maximum Gasteiger partial charge on any atom is 0.310 e. The van der Waals surface area contributed by atoms with Crippen LogP contribution in [-0.2, 0) is 4.79 Å². The van der Waals surface area contributed by atoms with Gasteiger partial charge in [0.25, 0.3) is 0 Å². The molecule has 130 valence electrons. The van der Waals surface area contributed by atoms with Gasteiger partial charge in [0.05, 0.1) is 11.0 Å². The van der Waals surface area contributed by atoms with Gasteiger partial charge in [-0.1, -0.05) is 20.3 Å². The summed E-state index contributed by atoms with van der Waals surface area (Å²) in [5.41, 5.74) is -0.887. The minimum absolute atomic E-state index is 0.0920. The molecule has 0 saturated heterocycles.